The summed E-state index contributed by atoms with van der Waals surface area (Å²) < 4.78 is 5.41. The van der Waals surface area contributed by atoms with E-state index in [1.165, 1.54) is 64.2 Å². The van der Waals surface area contributed by atoms with E-state index in [1.807, 2.05) is 7.11 Å². The van der Waals surface area contributed by atoms with Gasteiger partial charge in [-0.3, -0.25) is 0 Å². The van der Waals surface area contributed by atoms with E-state index in [9.17, 15) is 0 Å². The van der Waals surface area contributed by atoms with E-state index < -0.39 is 0 Å². The predicted octanol–water partition coefficient (Wildman–Crippen LogP) is 5.91. The lowest BCUT2D eigenvalue weighted by atomic mass is 9.80. The maximum absolute atomic E-state index is 5.41. The van der Waals surface area contributed by atoms with Crippen molar-refractivity contribution in [3.63, 3.8) is 0 Å². The lowest BCUT2D eigenvalue weighted by Gasteiger charge is -2.26. The van der Waals surface area contributed by atoms with Crippen molar-refractivity contribution in [1.82, 2.24) is 0 Å². The standard InChI is InChI=1S/C22H34O/c1-3-8-19-11-13-20(14-12-19)9-6-4-5-7-10-21-15-17-22(23-2)18-16-21/h6-7,9-10,19-22H,3,8,11-18H2,1-2H3/t19-,20-,21-,22-. The van der Waals surface area contributed by atoms with Crippen molar-refractivity contribution in [2.45, 2.75) is 77.2 Å². The molecule has 1 nitrogen and oxygen atoms in total. The molecule has 0 radical (unpaired) electrons. The summed E-state index contributed by atoms with van der Waals surface area (Å²) >= 11 is 0. The van der Waals surface area contributed by atoms with Crippen LogP contribution in [-0.2, 0) is 4.74 Å². The fourth-order valence-electron chi connectivity index (χ4n) is 4.06. The second-order valence-corrected chi connectivity index (χ2v) is 7.35. The zero-order chi connectivity index (χ0) is 16.3. The molecule has 2 aliphatic carbocycles. The van der Waals surface area contributed by atoms with Crippen molar-refractivity contribution in [3.05, 3.63) is 24.3 Å². The van der Waals surface area contributed by atoms with Crippen LogP contribution in [0.5, 0.6) is 0 Å². The molecule has 0 aliphatic heterocycles. The number of ether oxygens (including phenoxy) is 1. The van der Waals surface area contributed by atoms with Gasteiger partial charge in [-0.1, -0.05) is 43.8 Å². The highest BCUT2D eigenvalue weighted by molar-refractivity contribution is 5.24. The van der Waals surface area contributed by atoms with Crippen LogP contribution in [0, 0.1) is 29.6 Å². The van der Waals surface area contributed by atoms with Gasteiger partial charge in [0.1, 0.15) is 0 Å². The Bertz CT molecular complexity index is 421. The van der Waals surface area contributed by atoms with E-state index in [0.29, 0.717) is 12.0 Å². The van der Waals surface area contributed by atoms with Gasteiger partial charge in [0.25, 0.3) is 0 Å². The summed E-state index contributed by atoms with van der Waals surface area (Å²) in [5.41, 5.74) is 0. The van der Waals surface area contributed by atoms with Crippen molar-refractivity contribution in [3.8, 4) is 11.8 Å². The van der Waals surface area contributed by atoms with Gasteiger partial charge >= 0.3 is 0 Å². The van der Waals surface area contributed by atoms with Gasteiger partial charge in [-0.15, -0.1) is 0 Å². The first kappa shape index (κ1) is 18.3. The van der Waals surface area contributed by atoms with Crippen LogP contribution in [0.25, 0.3) is 0 Å². The molecule has 0 N–H and O–H groups in total. The Hall–Kier alpha value is -1.00. The highest BCUT2D eigenvalue weighted by Gasteiger charge is 2.19. The zero-order valence-corrected chi connectivity index (χ0v) is 15.1. The van der Waals surface area contributed by atoms with Crippen LogP contribution in [0.1, 0.15) is 71.1 Å². The summed E-state index contributed by atoms with van der Waals surface area (Å²) in [4.78, 5) is 0. The van der Waals surface area contributed by atoms with Crippen LogP contribution in [-0.4, -0.2) is 13.2 Å². The highest BCUT2D eigenvalue weighted by atomic mass is 16.5. The Morgan fingerprint density at radius 3 is 1.83 bits per heavy atom. The minimum Gasteiger partial charge on any atom is -0.381 e. The minimum absolute atomic E-state index is 0.487. The first-order valence-corrected chi connectivity index (χ1v) is 9.69. The van der Waals surface area contributed by atoms with Crippen LogP contribution in [0.2, 0.25) is 0 Å². The molecule has 2 fully saturated rings. The van der Waals surface area contributed by atoms with Gasteiger partial charge in [0.15, 0.2) is 0 Å². The molecule has 0 atom stereocenters. The Balaban J connectivity index is 1.63. The highest BCUT2D eigenvalue weighted by Crippen LogP contribution is 2.32. The topological polar surface area (TPSA) is 9.23 Å². The average molecular weight is 315 g/mol. The van der Waals surface area contributed by atoms with Gasteiger partial charge in [-0.25, -0.2) is 0 Å². The molecule has 2 aliphatic rings. The molecule has 0 aromatic heterocycles. The summed E-state index contributed by atoms with van der Waals surface area (Å²) in [5, 5.41) is 0. The third kappa shape index (κ3) is 6.96. The summed E-state index contributed by atoms with van der Waals surface area (Å²) in [6, 6.07) is 0. The number of allylic oxidation sites excluding steroid dienone is 4. The molecule has 23 heavy (non-hydrogen) atoms. The maximum atomic E-state index is 5.41. The van der Waals surface area contributed by atoms with Crippen molar-refractivity contribution in [2.24, 2.45) is 17.8 Å². The molecule has 2 saturated carbocycles. The van der Waals surface area contributed by atoms with Crippen molar-refractivity contribution in [1.29, 1.82) is 0 Å². The minimum atomic E-state index is 0.487. The fraction of sp³-hybridized carbons (Fsp3) is 0.727. The number of methoxy groups -OCH3 is 1. The lowest BCUT2D eigenvalue weighted by molar-refractivity contribution is 0.0627. The fourth-order valence-corrected chi connectivity index (χ4v) is 4.06. The lowest BCUT2D eigenvalue weighted by Crippen LogP contribution is -2.19. The first-order chi connectivity index (χ1) is 11.3. The van der Waals surface area contributed by atoms with Crippen molar-refractivity contribution in [2.75, 3.05) is 7.11 Å². The molecule has 0 heterocycles. The summed E-state index contributed by atoms with van der Waals surface area (Å²) in [7, 11) is 1.83. The molecular weight excluding hydrogens is 280 g/mol. The molecule has 2 rings (SSSR count). The zero-order valence-electron chi connectivity index (χ0n) is 15.1. The van der Waals surface area contributed by atoms with Crippen LogP contribution in [0.4, 0.5) is 0 Å². The third-order valence-corrected chi connectivity index (χ3v) is 5.63. The van der Waals surface area contributed by atoms with E-state index in [2.05, 4.69) is 43.1 Å². The van der Waals surface area contributed by atoms with E-state index in [-0.39, 0.29) is 0 Å². The molecule has 1 heteroatoms. The molecule has 0 spiro atoms. The van der Waals surface area contributed by atoms with Crippen LogP contribution in [0.15, 0.2) is 24.3 Å². The van der Waals surface area contributed by atoms with E-state index in [1.54, 1.807) is 0 Å². The van der Waals surface area contributed by atoms with Gasteiger partial charge in [-0.05, 0) is 81.3 Å². The Morgan fingerprint density at radius 1 is 0.826 bits per heavy atom. The quantitative estimate of drug-likeness (QED) is 0.573. The first-order valence-electron chi connectivity index (χ1n) is 9.69. The van der Waals surface area contributed by atoms with E-state index in [0.717, 1.165) is 11.8 Å². The maximum Gasteiger partial charge on any atom is 0.0571 e. The summed E-state index contributed by atoms with van der Waals surface area (Å²) in [6.45, 7) is 2.30. The number of hydrogen-bond acceptors (Lipinski definition) is 1. The van der Waals surface area contributed by atoms with Gasteiger partial charge in [0.05, 0.1) is 6.10 Å². The van der Waals surface area contributed by atoms with Gasteiger partial charge in [0, 0.05) is 7.11 Å². The Labute approximate surface area is 143 Å². The number of rotatable bonds is 5. The molecule has 0 aromatic carbocycles. The van der Waals surface area contributed by atoms with E-state index >= 15 is 0 Å². The molecule has 0 bridgehead atoms. The summed E-state index contributed by atoms with van der Waals surface area (Å²) in [5.74, 6) is 8.83. The second-order valence-electron chi connectivity index (χ2n) is 7.35. The summed E-state index contributed by atoms with van der Waals surface area (Å²) in [6.07, 6.45) is 22.5. The van der Waals surface area contributed by atoms with Gasteiger partial charge < -0.3 is 4.74 Å². The molecule has 0 amide bonds. The van der Waals surface area contributed by atoms with Crippen LogP contribution >= 0.6 is 0 Å². The SMILES string of the molecule is CCC[C@H]1CC[C@H](C=CC#CC=C[C@H]2CC[C@H](OC)CC2)CC1. The smallest absolute Gasteiger partial charge is 0.0571 e. The Morgan fingerprint density at radius 2 is 1.35 bits per heavy atom. The molecule has 128 valence electrons. The molecular formula is C22H34O. The molecule has 0 saturated heterocycles. The van der Waals surface area contributed by atoms with Gasteiger partial charge in [-0.2, -0.15) is 0 Å². The van der Waals surface area contributed by atoms with Crippen LogP contribution < -0.4 is 0 Å². The Kier molecular flexibility index (Phi) is 8.54. The van der Waals surface area contributed by atoms with Crippen molar-refractivity contribution >= 4 is 0 Å². The predicted molar refractivity (Wildman–Crippen MR) is 99.2 cm³/mol. The van der Waals surface area contributed by atoms with Gasteiger partial charge in [0.2, 0.25) is 0 Å². The average Bonchev–Trinajstić information content (AvgIpc) is 2.60. The largest absolute Gasteiger partial charge is 0.381 e. The molecule has 0 aromatic rings. The van der Waals surface area contributed by atoms with Crippen LogP contribution in [0.3, 0.4) is 0 Å². The third-order valence-electron chi connectivity index (χ3n) is 5.63. The second kappa shape index (κ2) is 10.7. The monoisotopic (exact) mass is 314 g/mol. The number of hydrogen-bond donors (Lipinski definition) is 0. The van der Waals surface area contributed by atoms with Crippen molar-refractivity contribution < 1.29 is 4.74 Å². The molecule has 0 unspecified atom stereocenters. The normalized spacial score (nSPS) is 32.1. The van der Waals surface area contributed by atoms with E-state index in [4.69, 9.17) is 4.74 Å².